The van der Waals surface area contributed by atoms with Crippen LogP contribution in [0.2, 0.25) is 0 Å². The number of hydrogen-bond acceptors (Lipinski definition) is 5. The number of anilines is 2. The molecule has 1 amide bonds. The van der Waals surface area contributed by atoms with Crippen LogP contribution in [0, 0.1) is 20.8 Å². The topological polar surface area (TPSA) is 77.2 Å². The van der Waals surface area contributed by atoms with Crippen LogP contribution in [0.1, 0.15) is 16.7 Å². The molecule has 0 saturated heterocycles. The van der Waals surface area contributed by atoms with Crippen molar-refractivity contribution in [3.63, 3.8) is 0 Å². The standard InChI is InChI=1S/C18H19N3O2S/c1-10-4-5-11(2)14(6-10)23-9-16(22)20-13-7-12(3)17-15(8-13)24-18(19)21-17/h4-8H,9H2,1-3H3,(H2,19,21)(H,20,22). The van der Waals surface area contributed by atoms with E-state index in [2.05, 4.69) is 10.3 Å². The molecular weight excluding hydrogens is 322 g/mol. The van der Waals surface area contributed by atoms with Crippen LogP contribution in [0.5, 0.6) is 5.75 Å². The average Bonchev–Trinajstić information content (AvgIpc) is 2.89. The Kier molecular flexibility index (Phi) is 4.40. The first-order valence-electron chi connectivity index (χ1n) is 7.59. The van der Waals surface area contributed by atoms with Crippen molar-refractivity contribution in [2.75, 3.05) is 17.7 Å². The summed E-state index contributed by atoms with van der Waals surface area (Å²) in [5.41, 5.74) is 10.4. The third kappa shape index (κ3) is 3.49. The molecule has 3 aromatic rings. The van der Waals surface area contributed by atoms with Gasteiger partial charge < -0.3 is 15.8 Å². The molecule has 0 aliphatic heterocycles. The van der Waals surface area contributed by atoms with Crippen LogP contribution >= 0.6 is 11.3 Å². The van der Waals surface area contributed by atoms with Crippen molar-refractivity contribution in [2.24, 2.45) is 0 Å². The summed E-state index contributed by atoms with van der Waals surface area (Å²) in [5, 5.41) is 3.39. The minimum Gasteiger partial charge on any atom is -0.483 e. The van der Waals surface area contributed by atoms with Crippen LogP contribution in [-0.2, 0) is 4.79 Å². The first-order chi connectivity index (χ1) is 11.4. The highest BCUT2D eigenvalue weighted by molar-refractivity contribution is 7.22. The number of nitrogen functional groups attached to an aromatic ring is 1. The molecule has 24 heavy (non-hydrogen) atoms. The fourth-order valence-electron chi connectivity index (χ4n) is 2.49. The number of carbonyl (C=O) groups is 1. The highest BCUT2D eigenvalue weighted by Gasteiger charge is 2.10. The average molecular weight is 341 g/mol. The van der Waals surface area contributed by atoms with Crippen molar-refractivity contribution in [2.45, 2.75) is 20.8 Å². The second kappa shape index (κ2) is 6.49. The summed E-state index contributed by atoms with van der Waals surface area (Å²) in [7, 11) is 0. The summed E-state index contributed by atoms with van der Waals surface area (Å²) in [4.78, 5) is 16.4. The van der Waals surface area contributed by atoms with Crippen molar-refractivity contribution >= 4 is 38.3 Å². The molecule has 1 heterocycles. The molecule has 124 valence electrons. The maximum atomic E-state index is 12.2. The Morgan fingerprint density at radius 3 is 2.79 bits per heavy atom. The minimum absolute atomic E-state index is 0.0355. The van der Waals surface area contributed by atoms with E-state index in [1.807, 2.05) is 51.1 Å². The fourth-order valence-corrected chi connectivity index (χ4v) is 3.34. The lowest BCUT2D eigenvalue weighted by molar-refractivity contribution is -0.118. The van der Waals surface area contributed by atoms with Gasteiger partial charge in [-0.15, -0.1) is 0 Å². The maximum Gasteiger partial charge on any atom is 0.262 e. The van der Waals surface area contributed by atoms with Gasteiger partial charge in [0.2, 0.25) is 0 Å². The minimum atomic E-state index is -0.202. The summed E-state index contributed by atoms with van der Waals surface area (Å²) >= 11 is 1.41. The number of fused-ring (bicyclic) bond motifs is 1. The highest BCUT2D eigenvalue weighted by atomic mass is 32.1. The number of nitrogens with one attached hydrogen (secondary N) is 1. The first-order valence-corrected chi connectivity index (χ1v) is 8.40. The van der Waals surface area contributed by atoms with E-state index in [-0.39, 0.29) is 12.5 Å². The number of benzene rings is 2. The van der Waals surface area contributed by atoms with Gasteiger partial charge in [-0.05, 0) is 55.7 Å². The molecular formula is C18H19N3O2S. The molecule has 6 heteroatoms. The van der Waals surface area contributed by atoms with Crippen LogP contribution < -0.4 is 15.8 Å². The Morgan fingerprint density at radius 2 is 2.00 bits per heavy atom. The number of ether oxygens (including phenoxy) is 1. The number of thiazole rings is 1. The lowest BCUT2D eigenvalue weighted by Gasteiger charge is -2.11. The highest BCUT2D eigenvalue weighted by Crippen LogP contribution is 2.29. The predicted octanol–water partition coefficient (Wildman–Crippen LogP) is 3.82. The number of carbonyl (C=O) groups excluding carboxylic acids is 1. The number of aromatic nitrogens is 1. The molecule has 5 nitrogen and oxygen atoms in total. The zero-order chi connectivity index (χ0) is 17.3. The lowest BCUT2D eigenvalue weighted by atomic mass is 10.1. The van der Waals surface area contributed by atoms with Crippen molar-refractivity contribution < 1.29 is 9.53 Å². The van der Waals surface area contributed by atoms with Gasteiger partial charge in [-0.25, -0.2) is 4.98 Å². The van der Waals surface area contributed by atoms with Gasteiger partial charge in [0, 0.05) is 5.69 Å². The zero-order valence-corrected chi connectivity index (χ0v) is 14.7. The van der Waals surface area contributed by atoms with Gasteiger partial charge in [-0.3, -0.25) is 4.79 Å². The van der Waals surface area contributed by atoms with E-state index in [1.54, 1.807) is 0 Å². The van der Waals surface area contributed by atoms with E-state index in [9.17, 15) is 4.79 Å². The van der Waals surface area contributed by atoms with Gasteiger partial charge in [-0.2, -0.15) is 0 Å². The molecule has 0 fully saturated rings. The Morgan fingerprint density at radius 1 is 1.21 bits per heavy atom. The molecule has 0 saturated carbocycles. The number of rotatable bonds is 4. The molecule has 0 atom stereocenters. The quantitative estimate of drug-likeness (QED) is 0.756. The summed E-state index contributed by atoms with van der Waals surface area (Å²) < 4.78 is 6.59. The molecule has 0 bridgehead atoms. The SMILES string of the molecule is Cc1ccc(C)c(OCC(=O)Nc2cc(C)c3nc(N)sc3c2)c1. The van der Waals surface area contributed by atoms with Gasteiger partial charge in [0.25, 0.3) is 5.91 Å². The Labute approximate surface area is 144 Å². The third-order valence-electron chi connectivity index (χ3n) is 3.69. The van der Waals surface area contributed by atoms with Gasteiger partial charge in [0.05, 0.1) is 10.2 Å². The number of amides is 1. The third-order valence-corrected chi connectivity index (χ3v) is 4.52. The van der Waals surface area contributed by atoms with E-state index in [0.29, 0.717) is 5.13 Å². The second-order valence-corrected chi connectivity index (χ2v) is 6.86. The van der Waals surface area contributed by atoms with E-state index in [4.69, 9.17) is 10.5 Å². The van der Waals surface area contributed by atoms with Gasteiger partial charge in [0.1, 0.15) is 5.75 Å². The summed E-state index contributed by atoms with van der Waals surface area (Å²) in [6, 6.07) is 9.69. The monoisotopic (exact) mass is 341 g/mol. The van der Waals surface area contributed by atoms with Gasteiger partial charge in [0.15, 0.2) is 11.7 Å². The first kappa shape index (κ1) is 16.3. The predicted molar refractivity (Wildman–Crippen MR) is 98.8 cm³/mol. The van der Waals surface area contributed by atoms with Crippen LogP contribution in [-0.4, -0.2) is 17.5 Å². The molecule has 0 unspecified atom stereocenters. The zero-order valence-electron chi connectivity index (χ0n) is 13.8. The molecule has 1 aromatic heterocycles. The van der Waals surface area contributed by atoms with Gasteiger partial charge in [-0.1, -0.05) is 23.5 Å². The summed E-state index contributed by atoms with van der Waals surface area (Å²) in [6.45, 7) is 5.86. The molecule has 0 spiro atoms. The molecule has 3 N–H and O–H groups in total. The summed E-state index contributed by atoms with van der Waals surface area (Å²) in [5.74, 6) is 0.527. The smallest absolute Gasteiger partial charge is 0.262 e. The Bertz CT molecular complexity index is 918. The summed E-state index contributed by atoms with van der Waals surface area (Å²) in [6.07, 6.45) is 0. The van der Waals surface area contributed by atoms with E-state index in [1.165, 1.54) is 11.3 Å². The number of hydrogen-bond donors (Lipinski definition) is 2. The largest absolute Gasteiger partial charge is 0.483 e. The molecule has 2 aromatic carbocycles. The van der Waals surface area contributed by atoms with Crippen LogP contribution in [0.3, 0.4) is 0 Å². The molecule has 0 radical (unpaired) electrons. The van der Waals surface area contributed by atoms with Crippen LogP contribution in [0.4, 0.5) is 10.8 Å². The van der Waals surface area contributed by atoms with E-state index >= 15 is 0 Å². The van der Waals surface area contributed by atoms with Gasteiger partial charge >= 0.3 is 0 Å². The molecule has 0 aliphatic carbocycles. The van der Waals surface area contributed by atoms with Crippen LogP contribution in [0.25, 0.3) is 10.2 Å². The van der Waals surface area contributed by atoms with Crippen molar-refractivity contribution in [3.05, 3.63) is 47.0 Å². The number of aryl methyl sites for hydroxylation is 3. The normalized spacial score (nSPS) is 10.8. The molecule has 3 rings (SSSR count). The van der Waals surface area contributed by atoms with Crippen LogP contribution in [0.15, 0.2) is 30.3 Å². The van der Waals surface area contributed by atoms with E-state index in [0.717, 1.165) is 38.3 Å². The van der Waals surface area contributed by atoms with Crippen molar-refractivity contribution in [3.8, 4) is 5.75 Å². The lowest BCUT2D eigenvalue weighted by Crippen LogP contribution is -2.20. The maximum absolute atomic E-state index is 12.2. The molecule has 0 aliphatic rings. The second-order valence-electron chi connectivity index (χ2n) is 5.80. The number of nitrogens with zero attached hydrogens (tertiary/aromatic N) is 1. The fraction of sp³-hybridized carbons (Fsp3) is 0.222. The number of nitrogens with two attached hydrogens (primary N) is 1. The van der Waals surface area contributed by atoms with Crippen molar-refractivity contribution in [1.29, 1.82) is 0 Å². The Balaban J connectivity index is 1.69. The van der Waals surface area contributed by atoms with Crippen molar-refractivity contribution in [1.82, 2.24) is 4.98 Å². The van der Waals surface area contributed by atoms with E-state index < -0.39 is 0 Å². The Hall–Kier alpha value is -2.60.